The molecule has 0 spiro atoms. The number of rotatable bonds is 10. The first kappa shape index (κ1) is 34.6. The van der Waals surface area contributed by atoms with Gasteiger partial charge < -0.3 is 60.1 Å². The lowest BCUT2D eigenvalue weighted by Crippen LogP contribution is -2.58. The molecule has 0 aromatic heterocycles. The molecular formula is C30H42BrN3O10S. The Kier molecular flexibility index (Phi) is 11.2. The second kappa shape index (κ2) is 14.6. The van der Waals surface area contributed by atoms with Gasteiger partial charge >= 0.3 is 0 Å². The average molecular weight is 717 g/mol. The summed E-state index contributed by atoms with van der Waals surface area (Å²) in [5.74, 6) is 0. The van der Waals surface area contributed by atoms with Gasteiger partial charge in [-0.2, -0.15) is 0 Å². The summed E-state index contributed by atoms with van der Waals surface area (Å²) in [7, 11) is 3.33. The van der Waals surface area contributed by atoms with Crippen molar-refractivity contribution >= 4 is 40.8 Å². The van der Waals surface area contributed by atoms with Crippen LogP contribution in [-0.2, 0) is 9.47 Å². The Morgan fingerprint density at radius 1 is 0.689 bits per heavy atom. The summed E-state index contributed by atoms with van der Waals surface area (Å²) in [5, 5.41) is 80.9. The maximum Gasteiger partial charge on any atom is 0.111 e. The fraction of sp³-hybridized carbons (Fsp3) is 0.600. The zero-order valence-electron chi connectivity index (χ0n) is 25.0. The predicted molar refractivity (Wildman–Crippen MR) is 171 cm³/mol. The van der Waals surface area contributed by atoms with Crippen molar-refractivity contribution in [1.29, 1.82) is 0 Å². The van der Waals surface area contributed by atoms with Crippen LogP contribution in [0.5, 0.6) is 0 Å². The Morgan fingerprint density at radius 2 is 1.16 bits per heavy atom. The number of hydrogen-bond acceptors (Lipinski definition) is 13. The largest absolute Gasteiger partial charge is 0.394 e. The Balaban J connectivity index is 1.28. The molecule has 45 heavy (non-hydrogen) atoms. The predicted octanol–water partition coefficient (Wildman–Crippen LogP) is -0.823. The first-order chi connectivity index (χ1) is 21.4. The minimum Gasteiger partial charge on any atom is -0.394 e. The summed E-state index contributed by atoms with van der Waals surface area (Å²) >= 11 is 3.90. The van der Waals surface area contributed by atoms with Gasteiger partial charge in [-0.1, -0.05) is 8.92 Å². The number of nitrogens with zero attached hydrogens (tertiary/aromatic N) is 3. The Labute approximate surface area is 270 Å². The SMILES string of the molecule is CN(CC[C@@H]1O[C@H](CO)[C@@H](O)[C@H](O)[C@H]1O)c1ccc2c(c1)S(Br)=c1cc(N(C)CC[C@@H]3O[C@H](CO)[C@@H](O)[C@H](O)[C@H]3O)ccc1=N2. The van der Waals surface area contributed by atoms with Gasteiger partial charge in [-0.3, -0.25) is 0 Å². The van der Waals surface area contributed by atoms with Crippen LogP contribution >= 0.6 is 23.7 Å². The van der Waals surface area contributed by atoms with Crippen LogP contribution in [0.1, 0.15) is 12.8 Å². The molecule has 8 N–H and O–H groups in total. The lowest BCUT2D eigenvalue weighted by molar-refractivity contribution is -0.229. The van der Waals surface area contributed by atoms with Crippen LogP contribution in [0, 0.1) is 4.51 Å². The molecule has 0 saturated carbocycles. The highest BCUT2D eigenvalue weighted by Crippen LogP contribution is 2.45. The summed E-state index contributed by atoms with van der Waals surface area (Å²) in [5.41, 5.74) is 2.68. The molecule has 15 heteroatoms. The van der Waals surface area contributed by atoms with Crippen LogP contribution in [0.2, 0.25) is 0 Å². The van der Waals surface area contributed by atoms with E-state index in [4.69, 9.17) is 14.5 Å². The number of ether oxygens (including phenoxy) is 2. The molecule has 2 aromatic rings. The number of anilines is 2. The molecular weight excluding hydrogens is 674 g/mol. The third-order valence-electron chi connectivity index (χ3n) is 8.88. The molecule has 1 unspecified atom stereocenters. The average Bonchev–Trinajstić information content (AvgIpc) is 3.05. The van der Waals surface area contributed by atoms with Gasteiger partial charge in [0.2, 0.25) is 0 Å². The van der Waals surface area contributed by atoms with Crippen molar-refractivity contribution in [2.75, 3.05) is 50.2 Å². The van der Waals surface area contributed by atoms with Crippen molar-refractivity contribution in [2.24, 2.45) is 4.99 Å². The molecule has 0 bridgehead atoms. The molecule has 3 aliphatic rings. The maximum atomic E-state index is 10.4. The number of aliphatic hydroxyl groups is 8. The second-order valence-electron chi connectivity index (χ2n) is 11.8. The lowest BCUT2D eigenvalue weighted by atomic mass is 9.93. The van der Waals surface area contributed by atoms with Crippen LogP contribution in [0.25, 0.3) is 0 Å². The molecule has 0 aliphatic carbocycles. The molecule has 0 radical (unpaired) electrons. The zero-order chi connectivity index (χ0) is 32.6. The van der Waals surface area contributed by atoms with Gasteiger partial charge in [-0.25, -0.2) is 4.99 Å². The first-order valence-electron chi connectivity index (χ1n) is 14.9. The van der Waals surface area contributed by atoms with Crippen molar-refractivity contribution < 1.29 is 50.3 Å². The van der Waals surface area contributed by atoms with E-state index >= 15 is 0 Å². The number of fused-ring (bicyclic) bond motifs is 2. The molecule has 13 nitrogen and oxygen atoms in total. The molecule has 3 aliphatic heterocycles. The van der Waals surface area contributed by atoms with E-state index in [0.717, 1.165) is 31.8 Å². The summed E-state index contributed by atoms with van der Waals surface area (Å²) in [4.78, 5) is 9.88. The topological polar surface area (TPSA) is 199 Å². The van der Waals surface area contributed by atoms with Gasteiger partial charge in [0.15, 0.2) is 0 Å². The van der Waals surface area contributed by atoms with Crippen LogP contribution in [-0.4, -0.2) is 142 Å². The normalized spacial score (nSPS) is 34.4. The minimum absolute atomic E-state index is 0.362. The van der Waals surface area contributed by atoms with E-state index in [1.54, 1.807) is 0 Å². The first-order valence-corrected chi connectivity index (χ1v) is 18.0. The van der Waals surface area contributed by atoms with Crippen LogP contribution < -0.4 is 15.2 Å². The van der Waals surface area contributed by atoms with Crippen LogP contribution in [0.4, 0.5) is 17.1 Å². The van der Waals surface area contributed by atoms with Gasteiger partial charge in [0.1, 0.15) is 48.8 Å². The number of hydrogen-bond donors (Lipinski definition) is 8. The molecule has 11 atom stereocenters. The highest BCUT2D eigenvalue weighted by Gasteiger charge is 2.44. The van der Waals surface area contributed by atoms with Crippen molar-refractivity contribution in [3.63, 3.8) is 0 Å². The van der Waals surface area contributed by atoms with E-state index in [0.29, 0.717) is 25.9 Å². The third kappa shape index (κ3) is 7.10. The minimum atomic E-state index is -1.40. The van der Waals surface area contributed by atoms with Crippen molar-refractivity contribution in [3.8, 4) is 0 Å². The van der Waals surface area contributed by atoms with Gasteiger partial charge in [0.05, 0.1) is 36.5 Å². The van der Waals surface area contributed by atoms with Gasteiger partial charge in [-0.15, -0.1) is 0 Å². The van der Waals surface area contributed by atoms with Crippen molar-refractivity contribution in [3.05, 3.63) is 46.3 Å². The van der Waals surface area contributed by atoms with Crippen LogP contribution in [0.15, 0.2) is 46.3 Å². The fourth-order valence-corrected chi connectivity index (χ4v) is 8.77. The van der Waals surface area contributed by atoms with Crippen molar-refractivity contribution in [1.82, 2.24) is 0 Å². The highest BCUT2D eigenvalue weighted by molar-refractivity contribution is 9.52. The molecule has 5 rings (SSSR count). The maximum absolute atomic E-state index is 10.4. The Morgan fingerprint density at radius 3 is 1.67 bits per heavy atom. The van der Waals surface area contributed by atoms with E-state index in [-0.39, 0.29) is 0 Å². The van der Waals surface area contributed by atoms with E-state index in [1.165, 1.54) is 0 Å². The Hall–Kier alpha value is -1.73. The third-order valence-corrected chi connectivity index (χ3v) is 12.4. The van der Waals surface area contributed by atoms with Crippen LogP contribution in [0.3, 0.4) is 0 Å². The van der Waals surface area contributed by atoms with Gasteiger partial charge in [0.25, 0.3) is 0 Å². The molecule has 2 saturated heterocycles. The fourth-order valence-electron chi connectivity index (χ4n) is 5.93. The van der Waals surface area contributed by atoms with E-state index < -0.39 is 83.2 Å². The quantitative estimate of drug-likeness (QED) is 0.142. The van der Waals surface area contributed by atoms with Crippen molar-refractivity contribution in [2.45, 2.75) is 78.8 Å². The zero-order valence-corrected chi connectivity index (χ0v) is 27.4. The molecule has 2 aromatic carbocycles. The van der Waals surface area contributed by atoms with E-state index in [1.807, 2.05) is 48.2 Å². The molecule has 0 amide bonds. The monoisotopic (exact) mass is 715 g/mol. The van der Waals surface area contributed by atoms with E-state index in [2.05, 4.69) is 26.9 Å². The van der Waals surface area contributed by atoms with E-state index in [9.17, 15) is 40.9 Å². The molecule has 2 fully saturated rings. The lowest BCUT2D eigenvalue weighted by Gasteiger charge is -2.40. The van der Waals surface area contributed by atoms with Gasteiger partial charge in [-0.05, 0) is 64.1 Å². The second-order valence-corrected chi connectivity index (χ2v) is 15.2. The number of benzene rings is 2. The molecule has 250 valence electrons. The summed E-state index contributed by atoms with van der Waals surface area (Å²) < 4.78 is 12.3. The highest BCUT2D eigenvalue weighted by atomic mass is 79.9. The standard InChI is InChI=1S/C30H42BrN3O10S/c1-33(9-7-19-25(37)29(41)27(39)21(13-35)43-19)15-3-5-17-23(11-15)45(31)24-12-16(4-6-18(24)32-17)34(2)10-8-20-26(38)30(42)28(40)22(14-36)44-20/h3-6,11-12,19-22,25-30,35-42H,7-10,13-14H2,1-2H3/t19-,20-,21+,22+,25-,26-,27+,28+,29+,30+/m0/s1. The Bertz CT molecular complexity index is 1470. The summed E-state index contributed by atoms with van der Waals surface area (Å²) in [6.07, 6.45) is -10.7. The number of aliphatic hydroxyl groups excluding tert-OH is 8. The summed E-state index contributed by atoms with van der Waals surface area (Å²) in [6.45, 7) is 0.0378. The smallest absolute Gasteiger partial charge is 0.111 e. The summed E-state index contributed by atoms with van der Waals surface area (Å²) in [6, 6.07) is 12.0. The number of halogens is 1. The van der Waals surface area contributed by atoms with Gasteiger partial charge in [0, 0.05) is 48.0 Å². The molecule has 3 heterocycles.